The summed E-state index contributed by atoms with van der Waals surface area (Å²) in [6.07, 6.45) is 9.08. The Bertz CT molecular complexity index is 656. The minimum Gasteiger partial charge on any atom is -0.458 e. The van der Waals surface area contributed by atoms with Crippen LogP contribution in [0.1, 0.15) is 61.3 Å². The van der Waals surface area contributed by atoms with Crippen molar-refractivity contribution in [2.45, 2.75) is 122 Å². The molecule has 0 radical (unpaired) electrons. The third kappa shape index (κ3) is 8.96. The summed E-state index contributed by atoms with van der Waals surface area (Å²) < 4.78 is 17.5. The average molecular weight is 471 g/mol. The predicted octanol–water partition coefficient (Wildman–Crippen LogP) is 5.97. The molecule has 2 aliphatic rings. The molecule has 7 heteroatoms. The van der Waals surface area contributed by atoms with Crippen LogP contribution in [0.5, 0.6) is 0 Å². The average Bonchev–Trinajstić information content (AvgIpc) is 3.13. The molecule has 5 nitrogen and oxygen atoms in total. The minimum absolute atomic E-state index is 0.0974. The molecule has 1 N–H and O–H groups in total. The Kier molecular flexibility index (Phi) is 9.55. The van der Waals surface area contributed by atoms with E-state index in [1.807, 2.05) is 24.3 Å². The van der Waals surface area contributed by atoms with E-state index in [0.717, 1.165) is 12.8 Å². The van der Waals surface area contributed by atoms with E-state index in [4.69, 9.17) is 13.6 Å². The van der Waals surface area contributed by atoms with Crippen molar-refractivity contribution in [2.24, 2.45) is 0 Å². The lowest BCUT2D eigenvalue weighted by Crippen LogP contribution is -2.43. The zero-order valence-corrected chi connectivity index (χ0v) is 23.6. The van der Waals surface area contributed by atoms with E-state index in [1.165, 1.54) is 6.92 Å². The molecule has 0 bridgehead atoms. The summed E-state index contributed by atoms with van der Waals surface area (Å²) >= 11 is 0. The SMILES string of the molecule is CC(=O)O[C@@H]1C=C[C@@H](O[Si](C)(C)C(C)(C)C)C1.CC(C)(C)[Si](C)(C)O[C@@H]1C=C[C@H](O)C1. The van der Waals surface area contributed by atoms with E-state index in [-0.39, 0.29) is 40.5 Å². The smallest absolute Gasteiger partial charge is 0.303 e. The number of ether oxygens (including phenoxy) is 1. The molecule has 0 aromatic rings. The molecule has 0 aromatic heterocycles. The topological polar surface area (TPSA) is 65.0 Å². The molecule has 0 aromatic carbocycles. The van der Waals surface area contributed by atoms with Gasteiger partial charge in [0, 0.05) is 19.8 Å². The maximum absolute atomic E-state index is 10.9. The Labute approximate surface area is 192 Å². The van der Waals surface area contributed by atoms with Gasteiger partial charge in [-0.2, -0.15) is 0 Å². The summed E-state index contributed by atoms with van der Waals surface area (Å²) in [6, 6.07) is 0. The van der Waals surface area contributed by atoms with Crippen LogP contribution in [0.2, 0.25) is 36.3 Å². The van der Waals surface area contributed by atoms with Crippen LogP contribution in [-0.4, -0.2) is 52.1 Å². The Morgan fingerprint density at radius 1 is 0.774 bits per heavy atom. The van der Waals surface area contributed by atoms with Crippen molar-refractivity contribution in [2.75, 3.05) is 0 Å². The van der Waals surface area contributed by atoms with Crippen molar-refractivity contribution in [3.8, 4) is 0 Å². The normalized spacial score (nSPS) is 26.6. The first-order valence-corrected chi connectivity index (χ1v) is 17.2. The van der Waals surface area contributed by atoms with Crippen LogP contribution in [-0.2, 0) is 18.4 Å². The maximum Gasteiger partial charge on any atom is 0.303 e. The van der Waals surface area contributed by atoms with E-state index >= 15 is 0 Å². The number of rotatable bonds is 5. The third-order valence-corrected chi connectivity index (χ3v) is 15.9. The van der Waals surface area contributed by atoms with Crippen molar-refractivity contribution < 1.29 is 23.5 Å². The van der Waals surface area contributed by atoms with Crippen LogP contribution in [0, 0.1) is 0 Å². The molecule has 31 heavy (non-hydrogen) atoms. The molecule has 0 spiro atoms. The Morgan fingerprint density at radius 3 is 1.52 bits per heavy atom. The largest absolute Gasteiger partial charge is 0.458 e. The summed E-state index contributed by atoms with van der Waals surface area (Å²) in [7, 11) is -3.39. The van der Waals surface area contributed by atoms with Gasteiger partial charge in [-0.1, -0.05) is 59.8 Å². The van der Waals surface area contributed by atoms with Crippen LogP contribution < -0.4 is 0 Å². The summed E-state index contributed by atoms with van der Waals surface area (Å²) in [6.45, 7) is 23.8. The van der Waals surface area contributed by atoms with E-state index in [2.05, 4.69) is 67.7 Å². The lowest BCUT2D eigenvalue weighted by Gasteiger charge is -2.38. The number of aliphatic hydroxyl groups is 1. The third-order valence-electron chi connectivity index (χ3n) is 6.85. The van der Waals surface area contributed by atoms with Gasteiger partial charge in [0.15, 0.2) is 16.6 Å². The van der Waals surface area contributed by atoms with Crippen molar-refractivity contribution >= 4 is 22.6 Å². The Balaban J connectivity index is 0.000000316. The maximum atomic E-state index is 10.9. The molecule has 0 unspecified atom stereocenters. The van der Waals surface area contributed by atoms with Crippen molar-refractivity contribution in [3.05, 3.63) is 24.3 Å². The quantitative estimate of drug-likeness (QED) is 0.305. The summed E-state index contributed by atoms with van der Waals surface area (Å²) in [5.74, 6) is -0.229. The van der Waals surface area contributed by atoms with Crippen molar-refractivity contribution in [1.29, 1.82) is 0 Å². The standard InChI is InChI=1S/C13H24O3Si.C11H22O2Si/c1-10(14)15-11-7-8-12(9-11)16-17(5,6)13(2,3)4;1-11(2,3)14(4,5)13-10-7-6-9(12)8-10/h7-8,11-12H,9H2,1-6H3;6-7,9-10,12H,8H2,1-5H3/t11-,12-;9-,10+/m10/s1. The van der Waals surface area contributed by atoms with Crippen LogP contribution >= 0.6 is 0 Å². The number of hydrogen-bond donors (Lipinski definition) is 1. The highest BCUT2D eigenvalue weighted by Gasteiger charge is 2.40. The summed E-state index contributed by atoms with van der Waals surface area (Å²) in [5, 5.41) is 9.80. The molecule has 2 aliphatic carbocycles. The van der Waals surface area contributed by atoms with Crippen molar-refractivity contribution in [3.63, 3.8) is 0 Å². The van der Waals surface area contributed by atoms with Crippen molar-refractivity contribution in [1.82, 2.24) is 0 Å². The highest BCUT2D eigenvalue weighted by molar-refractivity contribution is 6.74. The first kappa shape index (κ1) is 28.3. The molecule has 180 valence electrons. The van der Waals surface area contributed by atoms with Gasteiger partial charge in [0.2, 0.25) is 0 Å². The summed E-state index contributed by atoms with van der Waals surface area (Å²) in [5.41, 5.74) is 0. The zero-order valence-electron chi connectivity index (χ0n) is 21.6. The van der Waals surface area contributed by atoms with E-state index in [1.54, 1.807) is 0 Å². The molecule has 0 heterocycles. The monoisotopic (exact) mass is 470 g/mol. The van der Waals surface area contributed by atoms with Gasteiger partial charge >= 0.3 is 5.97 Å². The number of aliphatic hydroxyl groups excluding tert-OH is 1. The fourth-order valence-corrected chi connectivity index (χ4v) is 5.44. The zero-order chi connectivity index (χ0) is 24.3. The molecular weight excluding hydrogens is 424 g/mol. The lowest BCUT2D eigenvalue weighted by atomic mass is 10.2. The van der Waals surface area contributed by atoms with Crippen LogP contribution in [0.15, 0.2) is 24.3 Å². The van der Waals surface area contributed by atoms with Gasteiger partial charge in [0.25, 0.3) is 0 Å². The van der Waals surface area contributed by atoms with Gasteiger partial charge in [-0.25, -0.2) is 0 Å². The molecular formula is C24H46O5Si2. The van der Waals surface area contributed by atoms with E-state index in [9.17, 15) is 9.90 Å². The Hall–Kier alpha value is -0.736. The van der Waals surface area contributed by atoms with Gasteiger partial charge in [-0.15, -0.1) is 0 Å². The molecule has 0 fully saturated rings. The molecule has 0 amide bonds. The highest BCUT2D eigenvalue weighted by atomic mass is 28.4. The van der Waals surface area contributed by atoms with Gasteiger partial charge < -0.3 is 18.7 Å². The van der Waals surface area contributed by atoms with Gasteiger partial charge in [0.1, 0.15) is 6.10 Å². The van der Waals surface area contributed by atoms with Crippen LogP contribution in [0.4, 0.5) is 0 Å². The molecule has 0 saturated heterocycles. The molecule has 0 aliphatic heterocycles. The van der Waals surface area contributed by atoms with Gasteiger partial charge in [0.05, 0.1) is 18.3 Å². The van der Waals surface area contributed by atoms with Crippen LogP contribution in [0.3, 0.4) is 0 Å². The number of carbonyl (C=O) groups is 1. The second-order valence-corrected chi connectivity index (χ2v) is 21.3. The first-order chi connectivity index (χ1) is 13.8. The number of carbonyl (C=O) groups excluding carboxylic acids is 1. The first-order valence-electron chi connectivity index (χ1n) is 11.4. The highest BCUT2D eigenvalue weighted by Crippen LogP contribution is 2.39. The molecule has 4 atom stereocenters. The molecule has 2 rings (SSSR count). The fraction of sp³-hybridized carbons (Fsp3) is 0.792. The lowest BCUT2D eigenvalue weighted by molar-refractivity contribution is -0.144. The van der Waals surface area contributed by atoms with E-state index < -0.39 is 16.6 Å². The molecule has 0 saturated carbocycles. The van der Waals surface area contributed by atoms with Gasteiger partial charge in [-0.05, 0) is 42.3 Å². The number of hydrogen-bond acceptors (Lipinski definition) is 5. The number of esters is 1. The fourth-order valence-electron chi connectivity index (χ4n) is 2.87. The Morgan fingerprint density at radius 2 is 1.16 bits per heavy atom. The predicted molar refractivity (Wildman–Crippen MR) is 133 cm³/mol. The van der Waals surface area contributed by atoms with Crippen LogP contribution in [0.25, 0.3) is 0 Å². The van der Waals surface area contributed by atoms with E-state index in [0.29, 0.717) is 0 Å². The second kappa shape index (κ2) is 10.5. The minimum atomic E-state index is -1.73. The van der Waals surface area contributed by atoms with Gasteiger partial charge in [-0.3, -0.25) is 4.79 Å². The summed E-state index contributed by atoms with van der Waals surface area (Å²) in [4.78, 5) is 10.9. The second-order valence-electron chi connectivity index (χ2n) is 11.8.